The minimum atomic E-state index is -0.569. The summed E-state index contributed by atoms with van der Waals surface area (Å²) in [6, 6.07) is 4.22. The largest absolute Gasteiger partial charge is 0.490 e. The van der Waals surface area contributed by atoms with Gasteiger partial charge in [0.25, 0.3) is 5.91 Å². The molecule has 20 heavy (non-hydrogen) atoms. The summed E-state index contributed by atoms with van der Waals surface area (Å²) in [7, 11) is 1.31. The Kier molecular flexibility index (Phi) is 5.94. The number of halogens is 1. The predicted molar refractivity (Wildman–Crippen MR) is 79.5 cm³/mol. The maximum absolute atomic E-state index is 12.2. The van der Waals surface area contributed by atoms with Crippen molar-refractivity contribution in [2.24, 2.45) is 5.92 Å². The number of hydrogen-bond acceptors (Lipinski definition) is 4. The summed E-state index contributed by atoms with van der Waals surface area (Å²) in [5.74, 6) is -0.168. The van der Waals surface area contributed by atoms with Crippen LogP contribution in [0, 0.1) is 16.0 Å². The van der Waals surface area contributed by atoms with Crippen LogP contribution >= 0.6 is 15.9 Å². The third kappa shape index (κ3) is 3.69. The van der Waals surface area contributed by atoms with Gasteiger partial charge >= 0.3 is 5.69 Å². The van der Waals surface area contributed by atoms with Gasteiger partial charge in [-0.3, -0.25) is 14.9 Å². The van der Waals surface area contributed by atoms with E-state index in [1.807, 2.05) is 13.8 Å². The molecule has 0 heterocycles. The van der Waals surface area contributed by atoms with Gasteiger partial charge in [0.15, 0.2) is 0 Å². The molecular formula is C13H17BrN2O4. The van der Waals surface area contributed by atoms with Gasteiger partial charge in [-0.2, -0.15) is 0 Å². The van der Waals surface area contributed by atoms with Crippen LogP contribution in [0.3, 0.4) is 0 Å². The van der Waals surface area contributed by atoms with E-state index in [9.17, 15) is 14.9 Å². The fourth-order valence-electron chi connectivity index (χ4n) is 1.69. The van der Waals surface area contributed by atoms with E-state index in [0.29, 0.717) is 5.33 Å². The van der Waals surface area contributed by atoms with E-state index >= 15 is 0 Å². The van der Waals surface area contributed by atoms with Gasteiger partial charge in [-0.1, -0.05) is 35.8 Å². The Bertz CT molecular complexity index is 505. The molecule has 7 heteroatoms. The third-order valence-electron chi connectivity index (χ3n) is 2.93. The molecule has 0 saturated heterocycles. The first-order chi connectivity index (χ1) is 9.42. The number of alkyl halides is 1. The highest BCUT2D eigenvalue weighted by Gasteiger charge is 2.24. The first-order valence-electron chi connectivity index (χ1n) is 6.10. The fourth-order valence-corrected chi connectivity index (χ4v) is 2.60. The van der Waals surface area contributed by atoms with Crippen LogP contribution in [-0.2, 0) is 0 Å². The minimum absolute atomic E-state index is 0.0212. The number of rotatable bonds is 6. The molecule has 0 spiro atoms. The van der Waals surface area contributed by atoms with Gasteiger partial charge in [0.1, 0.15) is 0 Å². The maximum atomic E-state index is 12.2. The van der Waals surface area contributed by atoms with Gasteiger partial charge in [0, 0.05) is 17.4 Å². The molecule has 0 fully saturated rings. The van der Waals surface area contributed by atoms with Gasteiger partial charge in [-0.15, -0.1) is 0 Å². The maximum Gasteiger partial charge on any atom is 0.311 e. The molecular weight excluding hydrogens is 328 g/mol. The number of nitro benzene ring substituents is 1. The average Bonchev–Trinajstić information content (AvgIpc) is 2.42. The van der Waals surface area contributed by atoms with E-state index in [-0.39, 0.29) is 34.9 Å². The summed E-state index contributed by atoms with van der Waals surface area (Å²) in [4.78, 5) is 22.6. The van der Waals surface area contributed by atoms with E-state index in [4.69, 9.17) is 4.74 Å². The van der Waals surface area contributed by atoms with Crippen molar-refractivity contribution < 1.29 is 14.5 Å². The van der Waals surface area contributed by atoms with Crippen molar-refractivity contribution in [3.63, 3.8) is 0 Å². The van der Waals surface area contributed by atoms with Crippen LogP contribution in [0.1, 0.15) is 24.2 Å². The molecule has 1 N–H and O–H groups in total. The van der Waals surface area contributed by atoms with Crippen molar-refractivity contribution in [2.75, 3.05) is 12.4 Å². The number of hydrogen-bond donors (Lipinski definition) is 1. The Balaban J connectivity index is 3.10. The number of nitro groups is 1. The normalized spacial score (nSPS) is 12.1. The van der Waals surface area contributed by atoms with E-state index in [1.165, 1.54) is 25.3 Å². The molecule has 0 aliphatic carbocycles. The Morgan fingerprint density at radius 1 is 1.50 bits per heavy atom. The van der Waals surface area contributed by atoms with Crippen LogP contribution in [0.25, 0.3) is 0 Å². The monoisotopic (exact) mass is 344 g/mol. The second-order valence-electron chi connectivity index (χ2n) is 4.59. The molecule has 0 aliphatic heterocycles. The number of methoxy groups -OCH3 is 1. The Morgan fingerprint density at radius 2 is 2.15 bits per heavy atom. The predicted octanol–water partition coefficient (Wildman–Crippen LogP) is 2.75. The highest BCUT2D eigenvalue weighted by molar-refractivity contribution is 9.09. The molecule has 1 unspecified atom stereocenters. The lowest BCUT2D eigenvalue weighted by Crippen LogP contribution is -2.39. The molecule has 1 amide bonds. The highest BCUT2D eigenvalue weighted by Crippen LogP contribution is 2.30. The number of benzene rings is 1. The number of para-hydroxylation sites is 1. The Hall–Kier alpha value is -1.63. The molecule has 1 aromatic rings. The SMILES string of the molecule is COc1c(C(=O)NC(CBr)C(C)C)cccc1[N+](=O)[O-]. The quantitative estimate of drug-likeness (QED) is 0.488. The lowest BCUT2D eigenvalue weighted by atomic mass is 10.1. The van der Waals surface area contributed by atoms with Crippen LogP contribution in [0.4, 0.5) is 5.69 Å². The molecule has 0 radical (unpaired) electrons. The van der Waals surface area contributed by atoms with E-state index in [2.05, 4.69) is 21.2 Å². The van der Waals surface area contributed by atoms with Crippen molar-refractivity contribution in [3.8, 4) is 5.75 Å². The fraction of sp³-hybridized carbons (Fsp3) is 0.462. The highest BCUT2D eigenvalue weighted by atomic mass is 79.9. The van der Waals surface area contributed by atoms with E-state index < -0.39 is 4.92 Å². The summed E-state index contributed by atoms with van der Waals surface area (Å²) in [5, 5.41) is 14.4. The zero-order chi connectivity index (χ0) is 15.3. The summed E-state index contributed by atoms with van der Waals surface area (Å²) < 4.78 is 5.02. The van der Waals surface area contributed by atoms with Crippen molar-refractivity contribution in [2.45, 2.75) is 19.9 Å². The van der Waals surface area contributed by atoms with Crippen LogP contribution in [0.2, 0.25) is 0 Å². The molecule has 110 valence electrons. The van der Waals surface area contributed by atoms with Gasteiger partial charge in [-0.05, 0) is 12.0 Å². The van der Waals surface area contributed by atoms with Crippen LogP contribution in [0.15, 0.2) is 18.2 Å². The Morgan fingerprint density at radius 3 is 2.60 bits per heavy atom. The summed E-state index contributed by atoms with van der Waals surface area (Å²) in [6.07, 6.45) is 0. The lowest BCUT2D eigenvalue weighted by Gasteiger charge is -2.20. The van der Waals surface area contributed by atoms with Gasteiger partial charge in [0.05, 0.1) is 17.6 Å². The van der Waals surface area contributed by atoms with Crippen molar-refractivity contribution in [3.05, 3.63) is 33.9 Å². The van der Waals surface area contributed by atoms with E-state index in [0.717, 1.165) is 0 Å². The van der Waals surface area contributed by atoms with Crippen LogP contribution in [0.5, 0.6) is 5.75 Å². The zero-order valence-electron chi connectivity index (χ0n) is 11.6. The number of carbonyl (C=O) groups is 1. The molecule has 1 rings (SSSR count). The standard InChI is InChI=1S/C13H17BrN2O4/c1-8(2)10(7-14)15-13(17)9-5-4-6-11(16(18)19)12(9)20-3/h4-6,8,10H,7H2,1-3H3,(H,15,17). The first kappa shape index (κ1) is 16.4. The third-order valence-corrected chi connectivity index (χ3v) is 3.62. The van der Waals surface area contributed by atoms with Crippen molar-refractivity contribution in [1.29, 1.82) is 0 Å². The number of nitrogens with zero attached hydrogens (tertiary/aromatic N) is 1. The minimum Gasteiger partial charge on any atom is -0.490 e. The second kappa shape index (κ2) is 7.23. The smallest absolute Gasteiger partial charge is 0.311 e. The molecule has 6 nitrogen and oxygen atoms in total. The van der Waals surface area contributed by atoms with Crippen molar-refractivity contribution >= 4 is 27.5 Å². The summed E-state index contributed by atoms with van der Waals surface area (Å²) in [5.41, 5.74) is -0.0617. The average molecular weight is 345 g/mol. The second-order valence-corrected chi connectivity index (χ2v) is 5.24. The van der Waals surface area contributed by atoms with Crippen LogP contribution < -0.4 is 10.1 Å². The van der Waals surface area contributed by atoms with Gasteiger partial charge in [-0.25, -0.2) is 0 Å². The zero-order valence-corrected chi connectivity index (χ0v) is 13.1. The first-order valence-corrected chi connectivity index (χ1v) is 7.22. The molecule has 0 aromatic heterocycles. The number of carbonyl (C=O) groups excluding carboxylic acids is 1. The number of nitrogens with one attached hydrogen (secondary N) is 1. The van der Waals surface area contributed by atoms with E-state index in [1.54, 1.807) is 0 Å². The molecule has 0 bridgehead atoms. The molecule has 1 atom stereocenters. The molecule has 0 saturated carbocycles. The summed E-state index contributed by atoms with van der Waals surface area (Å²) >= 11 is 3.34. The molecule has 0 aliphatic rings. The number of ether oxygens (including phenoxy) is 1. The van der Waals surface area contributed by atoms with Gasteiger partial charge in [0.2, 0.25) is 5.75 Å². The Labute approximate surface area is 125 Å². The molecule has 1 aromatic carbocycles. The topological polar surface area (TPSA) is 81.5 Å². The van der Waals surface area contributed by atoms with Gasteiger partial charge < -0.3 is 10.1 Å². The number of amides is 1. The lowest BCUT2D eigenvalue weighted by molar-refractivity contribution is -0.385. The van der Waals surface area contributed by atoms with Crippen molar-refractivity contribution in [1.82, 2.24) is 5.32 Å². The van der Waals surface area contributed by atoms with Crippen LogP contribution in [-0.4, -0.2) is 29.3 Å². The summed E-state index contributed by atoms with van der Waals surface area (Å²) in [6.45, 7) is 3.97.